The molecule has 2 aliphatic rings. The second-order valence-corrected chi connectivity index (χ2v) is 7.39. The summed E-state index contributed by atoms with van der Waals surface area (Å²) < 4.78 is 0. The summed E-state index contributed by atoms with van der Waals surface area (Å²) in [4.78, 5) is 14.7. The van der Waals surface area contributed by atoms with Crippen molar-refractivity contribution >= 4 is 6.03 Å². The van der Waals surface area contributed by atoms with Crippen LogP contribution < -0.4 is 11.1 Å². The number of nitrogens with two attached hydrogens (primary N) is 1. The predicted molar refractivity (Wildman–Crippen MR) is 101 cm³/mol. The number of aromatic hydroxyl groups is 1. The van der Waals surface area contributed by atoms with Gasteiger partial charge in [0.25, 0.3) is 0 Å². The summed E-state index contributed by atoms with van der Waals surface area (Å²) in [5.74, 6) is 0.900. The van der Waals surface area contributed by atoms with Crippen molar-refractivity contribution in [1.82, 2.24) is 10.2 Å². The zero-order valence-corrected chi connectivity index (χ0v) is 14.8. The van der Waals surface area contributed by atoms with Crippen LogP contribution >= 0.6 is 0 Å². The highest BCUT2D eigenvalue weighted by molar-refractivity contribution is 5.75. The van der Waals surface area contributed by atoms with Gasteiger partial charge in [-0.3, -0.25) is 0 Å². The zero-order valence-electron chi connectivity index (χ0n) is 14.8. The van der Waals surface area contributed by atoms with Crippen LogP contribution in [-0.4, -0.2) is 41.7 Å². The number of amides is 2. The molecule has 0 radical (unpaired) electrons. The topological polar surface area (TPSA) is 78.6 Å². The largest absolute Gasteiger partial charge is 0.508 e. The molecule has 1 unspecified atom stereocenters. The quantitative estimate of drug-likeness (QED) is 0.793. The van der Waals surface area contributed by atoms with Crippen LogP contribution in [0.5, 0.6) is 5.75 Å². The van der Waals surface area contributed by atoms with E-state index >= 15 is 0 Å². The second kappa shape index (κ2) is 7.00. The van der Waals surface area contributed by atoms with Crippen LogP contribution in [-0.2, 0) is 12.8 Å². The standard InChI is InChI=1S/C21H25N3O2/c22-11-16-12-24(13-19(16)14-5-2-1-3-6-14)21(26)23-17-9-15-7-4-8-20(25)18(15)10-17/h1-8,16-17,19,25H,9-13,22H2,(H,23,26)/t16-,17?,19+/m1/s1. The molecule has 4 rings (SSSR count). The summed E-state index contributed by atoms with van der Waals surface area (Å²) in [6, 6.07) is 15.9. The molecule has 3 atom stereocenters. The molecule has 1 aliphatic carbocycles. The molecule has 5 heteroatoms. The number of rotatable bonds is 3. The third kappa shape index (κ3) is 3.15. The molecule has 26 heavy (non-hydrogen) atoms. The van der Waals surface area contributed by atoms with Crippen molar-refractivity contribution in [3.63, 3.8) is 0 Å². The molecule has 0 bridgehead atoms. The average molecular weight is 351 g/mol. The number of hydrogen-bond donors (Lipinski definition) is 3. The van der Waals surface area contributed by atoms with Gasteiger partial charge in [0.1, 0.15) is 5.75 Å². The number of likely N-dealkylation sites (tertiary alicyclic amines) is 1. The van der Waals surface area contributed by atoms with Gasteiger partial charge >= 0.3 is 6.03 Å². The smallest absolute Gasteiger partial charge is 0.317 e. The molecule has 0 aromatic heterocycles. The fourth-order valence-electron chi connectivity index (χ4n) is 4.35. The Labute approximate surface area is 153 Å². The first kappa shape index (κ1) is 16.9. The zero-order chi connectivity index (χ0) is 18.1. The lowest BCUT2D eigenvalue weighted by molar-refractivity contribution is 0.203. The summed E-state index contributed by atoms with van der Waals surface area (Å²) in [7, 11) is 0. The summed E-state index contributed by atoms with van der Waals surface area (Å²) in [5.41, 5.74) is 9.31. The van der Waals surface area contributed by atoms with Gasteiger partial charge in [-0.25, -0.2) is 4.79 Å². The van der Waals surface area contributed by atoms with E-state index in [1.54, 1.807) is 6.07 Å². The molecule has 2 aromatic rings. The average Bonchev–Trinajstić information content (AvgIpc) is 3.27. The number of carbonyl (C=O) groups excluding carboxylic acids is 1. The van der Waals surface area contributed by atoms with Crippen LogP contribution in [0, 0.1) is 5.92 Å². The van der Waals surface area contributed by atoms with Crippen molar-refractivity contribution in [2.45, 2.75) is 24.8 Å². The van der Waals surface area contributed by atoms with Crippen LogP contribution in [0.2, 0.25) is 0 Å². The SMILES string of the molecule is NC[C@@H]1CN(C(=O)NC2Cc3cccc(O)c3C2)C[C@H]1c1ccccc1. The Morgan fingerprint density at radius 1 is 1.12 bits per heavy atom. The molecule has 1 fully saturated rings. The molecule has 2 amide bonds. The number of carbonyl (C=O) groups is 1. The first-order valence-corrected chi connectivity index (χ1v) is 9.26. The number of urea groups is 1. The molecule has 1 saturated heterocycles. The van der Waals surface area contributed by atoms with Crippen molar-refractivity contribution in [2.24, 2.45) is 11.7 Å². The Morgan fingerprint density at radius 2 is 1.92 bits per heavy atom. The second-order valence-electron chi connectivity index (χ2n) is 7.39. The molecule has 0 spiro atoms. The van der Waals surface area contributed by atoms with Gasteiger partial charge in [0.05, 0.1) is 0 Å². The van der Waals surface area contributed by atoms with Gasteiger partial charge in [-0.2, -0.15) is 0 Å². The minimum absolute atomic E-state index is 0.0285. The van der Waals surface area contributed by atoms with E-state index in [4.69, 9.17) is 5.73 Å². The van der Waals surface area contributed by atoms with Crippen LogP contribution in [0.25, 0.3) is 0 Å². The maximum absolute atomic E-state index is 12.8. The number of nitrogens with zero attached hydrogens (tertiary/aromatic N) is 1. The van der Waals surface area contributed by atoms with Gasteiger partial charge in [-0.1, -0.05) is 42.5 Å². The predicted octanol–water partition coefficient (Wildman–Crippen LogP) is 2.24. The van der Waals surface area contributed by atoms with Gasteiger partial charge in [0.2, 0.25) is 0 Å². The van der Waals surface area contributed by atoms with E-state index in [9.17, 15) is 9.90 Å². The third-order valence-electron chi connectivity index (χ3n) is 5.75. The molecule has 2 aromatic carbocycles. The molecule has 1 heterocycles. The molecule has 4 N–H and O–H groups in total. The first-order chi connectivity index (χ1) is 12.7. The molecular weight excluding hydrogens is 326 g/mol. The van der Waals surface area contributed by atoms with E-state index in [-0.39, 0.29) is 23.9 Å². The Balaban J connectivity index is 1.41. The molecule has 5 nitrogen and oxygen atoms in total. The van der Waals surface area contributed by atoms with Crippen LogP contribution in [0.3, 0.4) is 0 Å². The van der Waals surface area contributed by atoms with E-state index in [0.717, 1.165) is 17.5 Å². The van der Waals surface area contributed by atoms with Gasteiger partial charge in [-0.05, 0) is 48.1 Å². The normalized spacial score (nSPS) is 24.5. The molecular formula is C21H25N3O2. The van der Waals surface area contributed by atoms with Gasteiger partial charge in [0, 0.05) is 25.0 Å². The van der Waals surface area contributed by atoms with E-state index < -0.39 is 0 Å². The summed E-state index contributed by atoms with van der Waals surface area (Å²) >= 11 is 0. The van der Waals surface area contributed by atoms with Gasteiger partial charge in [-0.15, -0.1) is 0 Å². The highest BCUT2D eigenvalue weighted by Gasteiger charge is 2.36. The van der Waals surface area contributed by atoms with Crippen molar-refractivity contribution < 1.29 is 9.90 Å². The Morgan fingerprint density at radius 3 is 2.65 bits per heavy atom. The summed E-state index contributed by atoms with van der Waals surface area (Å²) in [6.07, 6.45) is 1.45. The van der Waals surface area contributed by atoms with Gasteiger partial charge < -0.3 is 21.1 Å². The van der Waals surface area contributed by atoms with Crippen LogP contribution in [0.15, 0.2) is 48.5 Å². The van der Waals surface area contributed by atoms with Crippen molar-refractivity contribution in [3.05, 3.63) is 65.2 Å². The van der Waals surface area contributed by atoms with Crippen molar-refractivity contribution in [2.75, 3.05) is 19.6 Å². The number of fused-ring (bicyclic) bond motifs is 1. The first-order valence-electron chi connectivity index (χ1n) is 9.26. The van der Waals surface area contributed by atoms with E-state index in [1.165, 1.54) is 5.56 Å². The van der Waals surface area contributed by atoms with Crippen LogP contribution in [0.1, 0.15) is 22.6 Å². The summed E-state index contributed by atoms with van der Waals surface area (Å²) in [5, 5.41) is 13.1. The number of benzene rings is 2. The van der Waals surface area contributed by atoms with E-state index in [1.807, 2.05) is 35.2 Å². The van der Waals surface area contributed by atoms with Crippen molar-refractivity contribution in [1.29, 1.82) is 0 Å². The number of hydrogen-bond acceptors (Lipinski definition) is 3. The van der Waals surface area contributed by atoms with E-state index in [2.05, 4.69) is 17.4 Å². The monoisotopic (exact) mass is 351 g/mol. The summed E-state index contributed by atoms with van der Waals surface area (Å²) in [6.45, 7) is 1.96. The molecule has 0 saturated carbocycles. The minimum Gasteiger partial charge on any atom is -0.508 e. The maximum atomic E-state index is 12.8. The number of nitrogens with one attached hydrogen (secondary N) is 1. The fourth-order valence-corrected chi connectivity index (χ4v) is 4.35. The Hall–Kier alpha value is -2.53. The van der Waals surface area contributed by atoms with Crippen LogP contribution in [0.4, 0.5) is 4.79 Å². The van der Waals surface area contributed by atoms with Gasteiger partial charge in [0.15, 0.2) is 0 Å². The number of phenolic OH excluding ortho intramolecular Hbond substituents is 1. The third-order valence-corrected chi connectivity index (χ3v) is 5.75. The lowest BCUT2D eigenvalue weighted by Gasteiger charge is -2.20. The fraction of sp³-hybridized carbons (Fsp3) is 0.381. The van der Waals surface area contributed by atoms with E-state index in [0.29, 0.717) is 31.8 Å². The van der Waals surface area contributed by atoms with Crippen molar-refractivity contribution in [3.8, 4) is 5.75 Å². The maximum Gasteiger partial charge on any atom is 0.317 e. The highest BCUT2D eigenvalue weighted by atomic mass is 16.3. The molecule has 136 valence electrons. The lowest BCUT2D eigenvalue weighted by Crippen LogP contribution is -2.44. The Bertz CT molecular complexity index is 793. The molecule has 1 aliphatic heterocycles. The Kier molecular flexibility index (Phi) is 4.55. The lowest BCUT2D eigenvalue weighted by atomic mass is 9.89. The minimum atomic E-state index is -0.0285. The number of phenols is 1. The highest BCUT2D eigenvalue weighted by Crippen LogP contribution is 2.33.